The summed E-state index contributed by atoms with van der Waals surface area (Å²) in [7, 11) is 0. The molecule has 0 aromatic carbocycles. The van der Waals surface area contributed by atoms with Crippen LogP contribution in [0.2, 0.25) is 0 Å². The first kappa shape index (κ1) is 15.9. The Kier molecular flexibility index (Phi) is 5.73. The van der Waals surface area contributed by atoms with E-state index in [0.29, 0.717) is 17.6 Å². The summed E-state index contributed by atoms with van der Waals surface area (Å²) in [6.07, 6.45) is 5.62. The highest BCUT2D eigenvalue weighted by atomic mass is 32.1. The molecule has 0 radical (unpaired) electrons. The fraction of sp³-hybridized carbons (Fsp3) is 0.667. The molecule has 21 heavy (non-hydrogen) atoms. The van der Waals surface area contributed by atoms with Crippen molar-refractivity contribution < 1.29 is 9.59 Å². The fourth-order valence-corrected chi connectivity index (χ4v) is 2.76. The van der Waals surface area contributed by atoms with Gasteiger partial charge in [-0.15, -0.1) is 11.3 Å². The summed E-state index contributed by atoms with van der Waals surface area (Å²) in [5.74, 6) is 0.617. The summed E-state index contributed by atoms with van der Waals surface area (Å²) in [5, 5.41) is 5.14. The number of anilines is 1. The molecule has 0 saturated heterocycles. The molecular formula is C15H23N3O2S. The first-order valence-corrected chi connectivity index (χ1v) is 8.42. The number of thiazole rings is 1. The Morgan fingerprint density at radius 2 is 2.24 bits per heavy atom. The SMILES string of the molecule is CC(C)CCN(CC(=O)Nc1nccs1)C(=O)C1CCC1. The minimum atomic E-state index is -0.165. The number of aromatic nitrogens is 1. The van der Waals surface area contributed by atoms with Crippen molar-refractivity contribution in [2.75, 3.05) is 18.4 Å². The highest BCUT2D eigenvalue weighted by Crippen LogP contribution is 2.28. The molecule has 0 unspecified atom stereocenters. The Bertz CT molecular complexity index is 469. The Labute approximate surface area is 129 Å². The van der Waals surface area contributed by atoms with Gasteiger partial charge in [-0.3, -0.25) is 9.59 Å². The van der Waals surface area contributed by atoms with Crippen molar-refractivity contribution in [3.63, 3.8) is 0 Å². The van der Waals surface area contributed by atoms with Gasteiger partial charge in [-0.2, -0.15) is 0 Å². The highest BCUT2D eigenvalue weighted by Gasteiger charge is 2.30. The molecule has 2 amide bonds. The Morgan fingerprint density at radius 3 is 2.76 bits per heavy atom. The third kappa shape index (κ3) is 4.81. The van der Waals surface area contributed by atoms with Crippen LogP contribution >= 0.6 is 11.3 Å². The second-order valence-electron chi connectivity index (χ2n) is 5.96. The summed E-state index contributed by atoms with van der Waals surface area (Å²) in [5.41, 5.74) is 0. The number of amides is 2. The minimum Gasteiger partial charge on any atom is -0.333 e. The third-order valence-corrected chi connectivity index (χ3v) is 4.44. The molecule has 1 aliphatic rings. The van der Waals surface area contributed by atoms with Gasteiger partial charge in [-0.1, -0.05) is 20.3 Å². The van der Waals surface area contributed by atoms with Crippen LogP contribution in [0.4, 0.5) is 5.13 Å². The predicted octanol–water partition coefficient (Wildman–Crippen LogP) is 2.76. The molecule has 1 fully saturated rings. The number of carbonyl (C=O) groups is 2. The molecule has 1 aromatic rings. The first-order chi connectivity index (χ1) is 10.1. The third-order valence-electron chi connectivity index (χ3n) is 3.76. The van der Waals surface area contributed by atoms with E-state index in [0.717, 1.165) is 25.7 Å². The zero-order chi connectivity index (χ0) is 15.2. The van der Waals surface area contributed by atoms with E-state index < -0.39 is 0 Å². The van der Waals surface area contributed by atoms with Crippen LogP contribution in [-0.4, -0.2) is 34.8 Å². The van der Waals surface area contributed by atoms with Gasteiger partial charge in [0, 0.05) is 24.0 Å². The minimum absolute atomic E-state index is 0.127. The second kappa shape index (κ2) is 7.54. The quantitative estimate of drug-likeness (QED) is 0.842. The summed E-state index contributed by atoms with van der Waals surface area (Å²) >= 11 is 1.38. The number of hydrogen-bond acceptors (Lipinski definition) is 4. The smallest absolute Gasteiger partial charge is 0.245 e. The predicted molar refractivity (Wildman–Crippen MR) is 84.1 cm³/mol. The molecule has 0 atom stereocenters. The van der Waals surface area contributed by atoms with Gasteiger partial charge in [-0.25, -0.2) is 4.98 Å². The molecule has 116 valence electrons. The first-order valence-electron chi connectivity index (χ1n) is 7.54. The van der Waals surface area contributed by atoms with Gasteiger partial charge in [0.15, 0.2) is 5.13 Å². The van der Waals surface area contributed by atoms with Crippen molar-refractivity contribution in [3.8, 4) is 0 Å². The molecule has 2 rings (SSSR count). The van der Waals surface area contributed by atoms with Crippen LogP contribution in [0, 0.1) is 11.8 Å². The van der Waals surface area contributed by atoms with Crippen molar-refractivity contribution >= 4 is 28.3 Å². The van der Waals surface area contributed by atoms with E-state index in [9.17, 15) is 9.59 Å². The summed E-state index contributed by atoms with van der Waals surface area (Å²) < 4.78 is 0. The van der Waals surface area contributed by atoms with Crippen molar-refractivity contribution in [2.24, 2.45) is 11.8 Å². The van der Waals surface area contributed by atoms with Gasteiger partial charge in [-0.05, 0) is 25.2 Å². The second-order valence-corrected chi connectivity index (χ2v) is 6.85. The lowest BCUT2D eigenvalue weighted by Crippen LogP contribution is -2.43. The Balaban J connectivity index is 1.90. The monoisotopic (exact) mass is 309 g/mol. The molecule has 1 aromatic heterocycles. The number of hydrogen-bond donors (Lipinski definition) is 1. The molecule has 6 heteroatoms. The van der Waals surface area contributed by atoms with Gasteiger partial charge in [0.05, 0.1) is 6.54 Å². The number of nitrogens with one attached hydrogen (secondary N) is 1. The Morgan fingerprint density at radius 1 is 1.48 bits per heavy atom. The van der Waals surface area contributed by atoms with Gasteiger partial charge in [0.1, 0.15) is 0 Å². The van der Waals surface area contributed by atoms with Crippen LogP contribution in [0.5, 0.6) is 0 Å². The molecule has 1 saturated carbocycles. The number of nitrogens with zero attached hydrogens (tertiary/aromatic N) is 2. The number of rotatable bonds is 7. The average molecular weight is 309 g/mol. The molecular weight excluding hydrogens is 286 g/mol. The van der Waals surface area contributed by atoms with E-state index in [2.05, 4.69) is 24.1 Å². The lowest BCUT2D eigenvalue weighted by Gasteiger charge is -2.31. The summed E-state index contributed by atoms with van der Waals surface area (Å²) in [6.45, 7) is 5.03. The Hall–Kier alpha value is -1.43. The molecule has 1 heterocycles. The van der Waals surface area contributed by atoms with Crippen molar-refractivity contribution in [2.45, 2.75) is 39.5 Å². The van der Waals surface area contributed by atoms with Crippen molar-refractivity contribution in [3.05, 3.63) is 11.6 Å². The van der Waals surface area contributed by atoms with E-state index in [4.69, 9.17) is 0 Å². The molecule has 5 nitrogen and oxygen atoms in total. The zero-order valence-corrected chi connectivity index (χ0v) is 13.5. The summed E-state index contributed by atoms with van der Waals surface area (Å²) in [6, 6.07) is 0. The van der Waals surface area contributed by atoms with Gasteiger partial charge in [0.25, 0.3) is 0 Å². The maximum atomic E-state index is 12.4. The van der Waals surface area contributed by atoms with Crippen LogP contribution in [-0.2, 0) is 9.59 Å². The van der Waals surface area contributed by atoms with E-state index >= 15 is 0 Å². The van der Waals surface area contributed by atoms with Gasteiger partial charge in [0.2, 0.25) is 11.8 Å². The normalized spacial score (nSPS) is 14.8. The largest absolute Gasteiger partial charge is 0.333 e. The lowest BCUT2D eigenvalue weighted by molar-refractivity contribution is -0.140. The fourth-order valence-electron chi connectivity index (χ4n) is 2.21. The van der Waals surface area contributed by atoms with Crippen LogP contribution in [0.1, 0.15) is 39.5 Å². The van der Waals surface area contributed by atoms with Crippen LogP contribution in [0.3, 0.4) is 0 Å². The van der Waals surface area contributed by atoms with Crippen LogP contribution in [0.15, 0.2) is 11.6 Å². The molecule has 1 N–H and O–H groups in total. The molecule has 0 aliphatic heterocycles. The highest BCUT2D eigenvalue weighted by molar-refractivity contribution is 7.13. The van der Waals surface area contributed by atoms with Gasteiger partial charge < -0.3 is 10.2 Å². The zero-order valence-electron chi connectivity index (χ0n) is 12.7. The maximum absolute atomic E-state index is 12.4. The topological polar surface area (TPSA) is 62.3 Å². The summed E-state index contributed by atoms with van der Waals surface area (Å²) in [4.78, 5) is 30.2. The van der Waals surface area contributed by atoms with Gasteiger partial charge >= 0.3 is 0 Å². The van der Waals surface area contributed by atoms with E-state index in [-0.39, 0.29) is 24.3 Å². The van der Waals surface area contributed by atoms with Crippen LogP contribution < -0.4 is 5.32 Å². The standard InChI is InChI=1S/C15H23N3O2S/c1-11(2)6-8-18(14(20)12-4-3-5-12)10-13(19)17-15-16-7-9-21-15/h7,9,11-12H,3-6,8,10H2,1-2H3,(H,16,17,19). The molecule has 0 spiro atoms. The number of carbonyl (C=O) groups excluding carboxylic acids is 2. The van der Waals surface area contributed by atoms with Crippen molar-refractivity contribution in [1.82, 2.24) is 9.88 Å². The van der Waals surface area contributed by atoms with Crippen molar-refractivity contribution in [1.29, 1.82) is 0 Å². The van der Waals surface area contributed by atoms with E-state index in [1.165, 1.54) is 11.3 Å². The van der Waals surface area contributed by atoms with E-state index in [1.54, 1.807) is 11.1 Å². The maximum Gasteiger partial charge on any atom is 0.245 e. The lowest BCUT2D eigenvalue weighted by atomic mass is 9.84. The molecule has 1 aliphatic carbocycles. The molecule has 0 bridgehead atoms. The van der Waals surface area contributed by atoms with Crippen LogP contribution in [0.25, 0.3) is 0 Å². The van der Waals surface area contributed by atoms with E-state index in [1.807, 2.05) is 5.38 Å². The average Bonchev–Trinajstić information content (AvgIpc) is 2.84.